The number of pyridine rings is 1. The van der Waals surface area contributed by atoms with Crippen LogP contribution in [0.2, 0.25) is 0 Å². The van der Waals surface area contributed by atoms with Crippen LogP contribution in [0.4, 0.5) is 24.9 Å². The molecule has 0 saturated carbocycles. The highest BCUT2D eigenvalue weighted by Gasteiger charge is 2.33. The zero-order valence-corrected chi connectivity index (χ0v) is 14.1. The molecule has 0 spiro atoms. The lowest BCUT2D eigenvalue weighted by atomic mass is 10.2. The molecular weight excluding hydrogens is 333 g/mol. The molecule has 0 fully saturated rings. The Morgan fingerprint density at radius 3 is 2.40 bits per heavy atom. The Morgan fingerprint density at radius 1 is 1.04 bits per heavy atom. The van der Waals surface area contributed by atoms with Crippen molar-refractivity contribution >= 4 is 11.8 Å². The van der Waals surface area contributed by atoms with Crippen LogP contribution in [0.25, 0.3) is 0 Å². The van der Waals surface area contributed by atoms with E-state index in [2.05, 4.69) is 25.6 Å². The van der Waals surface area contributed by atoms with Gasteiger partial charge in [0, 0.05) is 38.1 Å². The molecule has 0 unspecified atom stereocenters. The molecule has 0 radical (unpaired) electrons. The van der Waals surface area contributed by atoms with Crippen molar-refractivity contribution in [2.24, 2.45) is 0 Å². The highest BCUT2D eigenvalue weighted by molar-refractivity contribution is 5.43. The molecule has 2 aromatic heterocycles. The van der Waals surface area contributed by atoms with E-state index in [9.17, 15) is 13.2 Å². The van der Waals surface area contributed by atoms with Crippen molar-refractivity contribution in [1.29, 1.82) is 0 Å². The largest absolute Gasteiger partial charge is 0.433 e. The van der Waals surface area contributed by atoms with Gasteiger partial charge in [-0.15, -0.1) is 0 Å². The summed E-state index contributed by atoms with van der Waals surface area (Å²) in [7, 11) is 3.75. The fourth-order valence-electron chi connectivity index (χ4n) is 2.04. The number of nitrogens with zero attached hydrogens (tertiary/aromatic N) is 4. The van der Waals surface area contributed by atoms with Gasteiger partial charge in [0.05, 0.1) is 0 Å². The number of alkyl halides is 3. The Bertz CT molecular complexity index is 661. The summed E-state index contributed by atoms with van der Waals surface area (Å²) in [6.07, 6.45) is -0.525. The van der Waals surface area contributed by atoms with Crippen LogP contribution in [-0.2, 0) is 12.6 Å². The van der Waals surface area contributed by atoms with Gasteiger partial charge in [0.25, 0.3) is 0 Å². The highest BCUT2D eigenvalue weighted by Crippen LogP contribution is 2.29. The highest BCUT2D eigenvalue weighted by atomic mass is 19.4. The van der Waals surface area contributed by atoms with Gasteiger partial charge in [-0.1, -0.05) is 0 Å². The minimum absolute atomic E-state index is 0.0388. The first kappa shape index (κ1) is 18.9. The van der Waals surface area contributed by atoms with Crippen LogP contribution in [-0.4, -0.2) is 53.6 Å². The fourth-order valence-corrected chi connectivity index (χ4v) is 2.04. The molecule has 0 amide bonds. The Kier molecular flexibility index (Phi) is 6.51. The summed E-state index contributed by atoms with van der Waals surface area (Å²) in [6.45, 7) is 1.56. The number of halogens is 3. The lowest BCUT2D eigenvalue weighted by Gasteiger charge is -2.14. The summed E-state index contributed by atoms with van der Waals surface area (Å²) >= 11 is 0. The summed E-state index contributed by atoms with van der Waals surface area (Å²) in [5.74, 6) is 0.104. The van der Waals surface area contributed by atoms with Crippen LogP contribution in [0, 0.1) is 0 Å². The minimum atomic E-state index is -4.53. The standard InChI is InChI=1S/C16H21F3N6/c1-25(2)10-9-22-15-23-13(16(17,18)19)11-14(24-15)21-8-5-12-3-6-20-7-4-12/h3-4,6-7,11H,5,8-10H2,1-2H3,(H2,21,22,23,24). The zero-order chi connectivity index (χ0) is 18.3. The molecule has 0 aliphatic carbocycles. The van der Waals surface area contributed by atoms with Crippen molar-refractivity contribution in [2.45, 2.75) is 12.6 Å². The van der Waals surface area contributed by atoms with E-state index in [-0.39, 0.29) is 11.8 Å². The normalized spacial score (nSPS) is 11.6. The van der Waals surface area contributed by atoms with Gasteiger partial charge < -0.3 is 15.5 Å². The van der Waals surface area contributed by atoms with Crippen molar-refractivity contribution in [2.75, 3.05) is 44.4 Å². The van der Waals surface area contributed by atoms with E-state index in [0.717, 1.165) is 11.6 Å². The maximum absolute atomic E-state index is 13.0. The second kappa shape index (κ2) is 8.61. The molecular formula is C16H21F3N6. The van der Waals surface area contributed by atoms with Crippen LogP contribution < -0.4 is 10.6 Å². The molecule has 0 saturated heterocycles. The van der Waals surface area contributed by atoms with Gasteiger partial charge in [-0.2, -0.15) is 18.2 Å². The van der Waals surface area contributed by atoms with Gasteiger partial charge in [-0.3, -0.25) is 4.98 Å². The molecule has 2 N–H and O–H groups in total. The van der Waals surface area contributed by atoms with E-state index in [0.29, 0.717) is 26.1 Å². The molecule has 2 heterocycles. The fraction of sp³-hybridized carbons (Fsp3) is 0.438. The third-order valence-electron chi connectivity index (χ3n) is 3.33. The lowest BCUT2D eigenvalue weighted by Crippen LogP contribution is -2.22. The molecule has 2 rings (SSSR count). The van der Waals surface area contributed by atoms with Crippen LogP contribution in [0.5, 0.6) is 0 Å². The predicted molar refractivity (Wildman–Crippen MR) is 90.5 cm³/mol. The van der Waals surface area contributed by atoms with Gasteiger partial charge in [-0.05, 0) is 38.2 Å². The molecule has 6 nitrogen and oxygen atoms in total. The van der Waals surface area contributed by atoms with E-state index in [1.54, 1.807) is 12.4 Å². The summed E-state index contributed by atoms with van der Waals surface area (Å²) in [5, 5.41) is 5.75. The number of likely N-dealkylation sites (N-methyl/N-ethyl adjacent to an activating group) is 1. The summed E-state index contributed by atoms with van der Waals surface area (Å²) in [6, 6.07) is 4.64. The summed E-state index contributed by atoms with van der Waals surface area (Å²) < 4.78 is 39.1. The first-order valence-corrected chi connectivity index (χ1v) is 7.82. The summed E-state index contributed by atoms with van der Waals surface area (Å²) in [4.78, 5) is 13.5. The van der Waals surface area contributed by atoms with E-state index in [1.807, 2.05) is 31.1 Å². The number of hydrogen-bond acceptors (Lipinski definition) is 6. The van der Waals surface area contributed by atoms with Crippen molar-refractivity contribution in [3.8, 4) is 0 Å². The van der Waals surface area contributed by atoms with E-state index in [4.69, 9.17) is 0 Å². The molecule has 2 aromatic rings. The van der Waals surface area contributed by atoms with Gasteiger partial charge in [0.15, 0.2) is 5.69 Å². The maximum Gasteiger partial charge on any atom is 0.433 e. The lowest BCUT2D eigenvalue weighted by molar-refractivity contribution is -0.141. The zero-order valence-electron chi connectivity index (χ0n) is 14.1. The van der Waals surface area contributed by atoms with Crippen LogP contribution in [0.3, 0.4) is 0 Å². The Balaban J connectivity index is 2.04. The Labute approximate surface area is 144 Å². The van der Waals surface area contributed by atoms with Gasteiger partial charge in [0.1, 0.15) is 5.82 Å². The van der Waals surface area contributed by atoms with Crippen LogP contribution in [0.1, 0.15) is 11.3 Å². The van der Waals surface area contributed by atoms with Crippen molar-refractivity contribution in [1.82, 2.24) is 19.9 Å². The second-order valence-corrected chi connectivity index (χ2v) is 5.72. The molecule has 9 heteroatoms. The topological polar surface area (TPSA) is 66.0 Å². The number of nitrogens with one attached hydrogen (secondary N) is 2. The third kappa shape index (κ3) is 6.54. The average molecular weight is 354 g/mol. The van der Waals surface area contributed by atoms with Crippen molar-refractivity contribution in [3.05, 3.63) is 41.9 Å². The van der Waals surface area contributed by atoms with Crippen molar-refractivity contribution < 1.29 is 13.2 Å². The molecule has 136 valence electrons. The molecule has 0 atom stereocenters. The first-order valence-electron chi connectivity index (χ1n) is 7.82. The number of aromatic nitrogens is 3. The number of anilines is 2. The second-order valence-electron chi connectivity index (χ2n) is 5.72. The molecule has 0 aliphatic heterocycles. The average Bonchev–Trinajstić information content (AvgIpc) is 2.54. The molecule has 0 aromatic carbocycles. The Morgan fingerprint density at radius 2 is 1.76 bits per heavy atom. The minimum Gasteiger partial charge on any atom is -0.370 e. The van der Waals surface area contributed by atoms with Gasteiger partial charge >= 0.3 is 6.18 Å². The molecule has 0 bridgehead atoms. The SMILES string of the molecule is CN(C)CCNc1nc(NCCc2ccncc2)cc(C(F)(F)F)n1. The first-order chi connectivity index (χ1) is 11.8. The quantitative estimate of drug-likeness (QED) is 0.759. The van der Waals surface area contributed by atoms with Crippen molar-refractivity contribution in [3.63, 3.8) is 0 Å². The molecule has 0 aliphatic rings. The third-order valence-corrected chi connectivity index (χ3v) is 3.33. The number of rotatable bonds is 8. The van der Waals surface area contributed by atoms with Gasteiger partial charge in [0.2, 0.25) is 5.95 Å². The van der Waals surface area contributed by atoms with E-state index >= 15 is 0 Å². The van der Waals surface area contributed by atoms with E-state index in [1.165, 1.54) is 0 Å². The number of hydrogen-bond donors (Lipinski definition) is 2. The summed E-state index contributed by atoms with van der Waals surface area (Å²) in [5.41, 5.74) is 0.0678. The Hall–Kier alpha value is -2.42. The monoisotopic (exact) mass is 354 g/mol. The maximum atomic E-state index is 13.0. The smallest absolute Gasteiger partial charge is 0.370 e. The van der Waals surface area contributed by atoms with E-state index < -0.39 is 11.9 Å². The van der Waals surface area contributed by atoms with Crippen LogP contribution >= 0.6 is 0 Å². The van der Waals surface area contributed by atoms with Crippen LogP contribution in [0.15, 0.2) is 30.6 Å². The predicted octanol–water partition coefficient (Wildman–Crippen LogP) is 2.52. The molecule has 25 heavy (non-hydrogen) atoms. The van der Waals surface area contributed by atoms with Gasteiger partial charge in [-0.25, -0.2) is 4.98 Å².